The van der Waals surface area contributed by atoms with E-state index in [0.717, 1.165) is 6.04 Å². The summed E-state index contributed by atoms with van der Waals surface area (Å²) in [5.41, 5.74) is -1.73. The van der Waals surface area contributed by atoms with Gasteiger partial charge in [-0.1, -0.05) is 19.8 Å². The second-order valence-electron chi connectivity index (χ2n) is 2.54. The predicted octanol–water partition coefficient (Wildman–Crippen LogP) is 3.61. The molecule has 7 heteroatoms. The fraction of sp³-hybridized carbons (Fsp3) is 1.00. The first kappa shape index (κ1) is 15.1. The van der Waals surface area contributed by atoms with E-state index in [1.807, 2.05) is 0 Å². The number of hydrogen-bond donors (Lipinski definition) is 0. The fourth-order valence-corrected chi connectivity index (χ4v) is 11.8. The van der Waals surface area contributed by atoms with E-state index < -0.39 is 5.52 Å². The van der Waals surface area contributed by atoms with Crippen LogP contribution in [-0.4, -0.2) is 26.9 Å². The Morgan fingerprint density at radius 1 is 0.929 bits per heavy atom. The molecule has 86 valence electrons. The summed E-state index contributed by atoms with van der Waals surface area (Å²) < 4.78 is 15.6. The molecule has 0 atom stereocenters. The topological polar surface area (TPSA) is 27.7 Å². The summed E-state index contributed by atoms with van der Waals surface area (Å²) in [7, 11) is 5.10. The second kappa shape index (κ2) is 9.38. The van der Waals surface area contributed by atoms with Crippen molar-refractivity contribution in [1.82, 2.24) is 0 Å². The average molecular weight is 275 g/mol. The average Bonchev–Trinajstić information content (AvgIpc) is 2.16. The van der Waals surface area contributed by atoms with Gasteiger partial charge in [0.25, 0.3) is 0 Å². The Morgan fingerprint density at radius 3 is 1.64 bits per heavy atom. The summed E-state index contributed by atoms with van der Waals surface area (Å²) in [5.74, 6) is 0. The van der Waals surface area contributed by atoms with E-state index in [1.54, 1.807) is 21.3 Å². The van der Waals surface area contributed by atoms with E-state index in [9.17, 15) is 0 Å². The minimum atomic E-state index is -1.73. The van der Waals surface area contributed by atoms with Gasteiger partial charge in [-0.3, -0.25) is 0 Å². The molecule has 0 spiro atoms. The maximum absolute atomic E-state index is 5.19. The fourth-order valence-electron chi connectivity index (χ4n) is 0.941. The molecule has 0 rings (SSSR count). The standard InChI is InChI=1S/C7H18O3S3Si/c1-5-6-7-14(11-8-2,12-9-3)13-10-4/h5-7H2,1-4H3. The van der Waals surface area contributed by atoms with Gasteiger partial charge in [0.1, 0.15) is 0 Å². The van der Waals surface area contributed by atoms with Crippen molar-refractivity contribution in [3.63, 3.8) is 0 Å². The zero-order valence-corrected chi connectivity index (χ0v) is 12.5. The molecule has 0 aromatic carbocycles. The summed E-state index contributed by atoms with van der Waals surface area (Å²) in [5, 5.41) is 0. The van der Waals surface area contributed by atoms with Gasteiger partial charge in [0.15, 0.2) is 0 Å². The molecule has 0 saturated carbocycles. The van der Waals surface area contributed by atoms with Crippen molar-refractivity contribution in [2.75, 3.05) is 21.3 Å². The highest BCUT2D eigenvalue weighted by molar-refractivity contribution is 8.78. The molecular weight excluding hydrogens is 256 g/mol. The van der Waals surface area contributed by atoms with Gasteiger partial charge in [-0.25, -0.2) is 0 Å². The van der Waals surface area contributed by atoms with Crippen LogP contribution in [0.5, 0.6) is 0 Å². The normalized spacial score (nSPS) is 12.0. The van der Waals surface area contributed by atoms with Crippen LogP contribution in [0.4, 0.5) is 0 Å². The summed E-state index contributed by atoms with van der Waals surface area (Å²) in [6, 6.07) is 1.12. The SMILES string of the molecule is CCCC[Si](SOC)(SOC)SOC. The number of unbranched alkanes of at least 4 members (excludes halogenated alkanes) is 1. The van der Waals surface area contributed by atoms with Crippen LogP contribution in [0.2, 0.25) is 6.04 Å². The first-order valence-electron chi connectivity index (χ1n) is 4.40. The van der Waals surface area contributed by atoms with Crippen LogP contribution in [-0.2, 0) is 12.5 Å². The zero-order valence-electron chi connectivity index (χ0n) is 9.07. The van der Waals surface area contributed by atoms with E-state index in [-0.39, 0.29) is 0 Å². The van der Waals surface area contributed by atoms with Crippen molar-refractivity contribution in [2.24, 2.45) is 0 Å². The lowest BCUT2D eigenvalue weighted by Crippen LogP contribution is -2.22. The molecule has 0 aromatic rings. The molecule has 0 unspecified atom stereocenters. The Morgan fingerprint density at radius 2 is 1.36 bits per heavy atom. The van der Waals surface area contributed by atoms with Crippen molar-refractivity contribution in [2.45, 2.75) is 25.8 Å². The van der Waals surface area contributed by atoms with Crippen molar-refractivity contribution in [3.05, 3.63) is 0 Å². The van der Waals surface area contributed by atoms with Gasteiger partial charge in [-0.05, 0) is 40.5 Å². The second-order valence-corrected chi connectivity index (χ2v) is 16.0. The maximum Gasteiger partial charge on any atom is 0.331 e. The minimum absolute atomic E-state index is 1.12. The van der Waals surface area contributed by atoms with Crippen LogP contribution in [0.15, 0.2) is 0 Å². The Labute approximate surface area is 99.6 Å². The number of hydrogen-bond acceptors (Lipinski definition) is 6. The van der Waals surface area contributed by atoms with Gasteiger partial charge in [-0.2, -0.15) is 0 Å². The first-order valence-corrected chi connectivity index (χ1v) is 11.0. The van der Waals surface area contributed by atoms with E-state index in [1.165, 1.54) is 47.3 Å². The maximum atomic E-state index is 5.19. The lowest BCUT2D eigenvalue weighted by molar-refractivity contribution is 0.489. The molecule has 0 aliphatic carbocycles. The van der Waals surface area contributed by atoms with E-state index in [4.69, 9.17) is 12.5 Å². The molecule has 0 bridgehead atoms. The quantitative estimate of drug-likeness (QED) is 0.471. The minimum Gasteiger partial charge on any atom is -0.323 e. The van der Waals surface area contributed by atoms with Gasteiger partial charge in [0, 0.05) is 21.3 Å². The molecule has 0 heterocycles. The summed E-state index contributed by atoms with van der Waals surface area (Å²) in [6.07, 6.45) is 2.38. The largest absolute Gasteiger partial charge is 0.331 e. The molecule has 0 aliphatic rings. The summed E-state index contributed by atoms with van der Waals surface area (Å²) >= 11 is 4.58. The monoisotopic (exact) mass is 274 g/mol. The van der Waals surface area contributed by atoms with Gasteiger partial charge in [0.05, 0.1) is 0 Å². The van der Waals surface area contributed by atoms with Crippen LogP contribution in [0, 0.1) is 0 Å². The molecule has 0 radical (unpaired) electrons. The van der Waals surface area contributed by atoms with Crippen LogP contribution in [0.3, 0.4) is 0 Å². The Kier molecular flexibility index (Phi) is 10.1. The Hall–Kier alpha value is 1.15. The first-order chi connectivity index (χ1) is 6.74. The summed E-state index contributed by atoms with van der Waals surface area (Å²) in [4.78, 5) is 0. The zero-order chi connectivity index (χ0) is 10.9. The highest BCUT2D eigenvalue weighted by Gasteiger charge is 2.39. The van der Waals surface area contributed by atoms with Gasteiger partial charge in [-0.15, -0.1) is 0 Å². The highest BCUT2D eigenvalue weighted by atomic mass is 32.8. The van der Waals surface area contributed by atoms with E-state index in [0.29, 0.717) is 0 Å². The van der Waals surface area contributed by atoms with E-state index >= 15 is 0 Å². The van der Waals surface area contributed by atoms with Crippen LogP contribution in [0.25, 0.3) is 0 Å². The molecule has 0 fully saturated rings. The van der Waals surface area contributed by atoms with Crippen molar-refractivity contribution in [1.29, 1.82) is 0 Å². The lowest BCUT2D eigenvalue weighted by atomic mass is 10.4. The lowest BCUT2D eigenvalue weighted by Gasteiger charge is -2.23. The molecule has 0 aromatic heterocycles. The molecule has 3 nitrogen and oxygen atoms in total. The van der Waals surface area contributed by atoms with Crippen LogP contribution in [0.1, 0.15) is 19.8 Å². The highest BCUT2D eigenvalue weighted by Crippen LogP contribution is 2.46. The molecule has 14 heavy (non-hydrogen) atoms. The third kappa shape index (κ3) is 5.89. The van der Waals surface area contributed by atoms with Crippen molar-refractivity contribution < 1.29 is 12.5 Å². The third-order valence-electron chi connectivity index (χ3n) is 1.47. The van der Waals surface area contributed by atoms with Crippen molar-refractivity contribution in [3.8, 4) is 0 Å². The van der Waals surface area contributed by atoms with Gasteiger partial charge < -0.3 is 12.5 Å². The van der Waals surface area contributed by atoms with Crippen LogP contribution >= 0.6 is 34.5 Å². The molecule has 0 saturated heterocycles. The van der Waals surface area contributed by atoms with Crippen LogP contribution < -0.4 is 0 Å². The van der Waals surface area contributed by atoms with Gasteiger partial charge >= 0.3 is 5.52 Å². The van der Waals surface area contributed by atoms with Gasteiger partial charge in [0.2, 0.25) is 0 Å². The number of rotatable bonds is 9. The molecule has 0 N–H and O–H groups in total. The smallest absolute Gasteiger partial charge is 0.323 e. The van der Waals surface area contributed by atoms with Crippen molar-refractivity contribution >= 4 is 40.0 Å². The predicted molar refractivity (Wildman–Crippen MR) is 69.3 cm³/mol. The Bertz CT molecular complexity index is 122. The molecular formula is C7H18O3S3Si. The molecule has 0 aliphatic heterocycles. The van der Waals surface area contributed by atoms with E-state index in [2.05, 4.69) is 6.92 Å². The Balaban J connectivity index is 4.21. The summed E-state index contributed by atoms with van der Waals surface area (Å²) in [6.45, 7) is 2.19. The third-order valence-corrected chi connectivity index (χ3v) is 13.0. The molecule has 0 amide bonds.